The quantitative estimate of drug-likeness (QED) is 0.411. The van der Waals surface area contributed by atoms with Crippen LogP contribution in [0.2, 0.25) is 0 Å². The van der Waals surface area contributed by atoms with E-state index < -0.39 is 0 Å². The molecule has 0 aliphatic carbocycles. The van der Waals surface area contributed by atoms with E-state index in [1.807, 2.05) is 36.5 Å². The summed E-state index contributed by atoms with van der Waals surface area (Å²) in [6.07, 6.45) is 2.61. The highest BCUT2D eigenvalue weighted by Crippen LogP contribution is 2.22. The number of aryl methyl sites for hydroxylation is 3. The maximum atomic E-state index is 13.4. The van der Waals surface area contributed by atoms with Crippen LogP contribution in [0.1, 0.15) is 16.8 Å². The lowest BCUT2D eigenvalue weighted by atomic mass is 10.1. The van der Waals surface area contributed by atoms with E-state index in [-0.39, 0.29) is 5.82 Å². The largest absolute Gasteiger partial charge is 0.316 e. The van der Waals surface area contributed by atoms with Gasteiger partial charge in [-0.05, 0) is 79.1 Å². The Morgan fingerprint density at radius 1 is 1.00 bits per heavy atom. The smallest absolute Gasteiger partial charge is 0.190 e. The molecule has 2 aromatic carbocycles. The van der Waals surface area contributed by atoms with E-state index in [0.29, 0.717) is 0 Å². The number of hydrogen-bond acceptors (Lipinski definition) is 3. The minimum Gasteiger partial charge on any atom is -0.316 e. The number of pyridine rings is 1. The second-order valence-electron chi connectivity index (χ2n) is 7.09. The molecule has 4 aromatic rings. The molecule has 0 saturated heterocycles. The lowest BCUT2D eigenvalue weighted by Crippen LogP contribution is -2.17. The van der Waals surface area contributed by atoms with Crippen molar-refractivity contribution in [3.05, 3.63) is 99.7 Å². The van der Waals surface area contributed by atoms with Gasteiger partial charge in [-0.3, -0.25) is 4.98 Å². The summed E-state index contributed by atoms with van der Waals surface area (Å²) < 4.78 is 15.6. The monoisotopic (exact) mass is 403 g/mol. The molecule has 4 rings (SSSR count). The van der Waals surface area contributed by atoms with Crippen LogP contribution in [0.3, 0.4) is 0 Å². The van der Waals surface area contributed by atoms with Gasteiger partial charge in [0.25, 0.3) is 0 Å². The highest BCUT2D eigenvalue weighted by molar-refractivity contribution is 7.07. The molecule has 0 radical (unpaired) electrons. The first-order valence-corrected chi connectivity index (χ1v) is 10.4. The first-order valence-electron chi connectivity index (χ1n) is 9.56. The summed E-state index contributed by atoms with van der Waals surface area (Å²) in [5.74, 6) is -0.232. The summed E-state index contributed by atoms with van der Waals surface area (Å²) in [6, 6.07) is 18.9. The molecule has 0 aliphatic rings. The molecule has 2 heterocycles. The fraction of sp³-hybridized carbons (Fsp3) is 0.167. The number of halogens is 1. The van der Waals surface area contributed by atoms with Gasteiger partial charge in [0.2, 0.25) is 0 Å². The standard InChI is InChI=1S/C24H22FN3S/c1-17-13-18(2)15-22(14-17)27-24-28(12-10-21-5-3-4-11-26-21)23(16-29-24)19-6-8-20(25)9-7-19/h3-9,11,13-16H,10,12H2,1-2H3. The number of benzene rings is 2. The van der Waals surface area contributed by atoms with Crippen LogP contribution in [0.4, 0.5) is 10.1 Å². The zero-order valence-corrected chi connectivity index (χ0v) is 17.3. The molecule has 0 unspecified atom stereocenters. The number of nitrogens with zero attached hydrogens (tertiary/aromatic N) is 3. The van der Waals surface area contributed by atoms with Crippen LogP contribution in [0.5, 0.6) is 0 Å². The summed E-state index contributed by atoms with van der Waals surface area (Å²) in [5, 5.41) is 2.09. The highest BCUT2D eigenvalue weighted by Gasteiger charge is 2.09. The second kappa shape index (κ2) is 8.53. The van der Waals surface area contributed by atoms with Crippen LogP contribution >= 0.6 is 11.3 Å². The molecule has 0 bridgehead atoms. The van der Waals surface area contributed by atoms with Crippen LogP contribution in [0.25, 0.3) is 11.3 Å². The average Bonchev–Trinajstić information content (AvgIpc) is 3.09. The SMILES string of the molecule is Cc1cc(C)cc(N=c2scc(-c3ccc(F)cc3)n2CCc2ccccn2)c1. The third-order valence-electron chi connectivity index (χ3n) is 4.69. The molecule has 0 aliphatic heterocycles. The Bertz CT molecular complexity index is 1150. The van der Waals surface area contributed by atoms with Gasteiger partial charge < -0.3 is 4.57 Å². The maximum Gasteiger partial charge on any atom is 0.190 e. The van der Waals surface area contributed by atoms with Crippen molar-refractivity contribution >= 4 is 17.0 Å². The molecule has 0 atom stereocenters. The lowest BCUT2D eigenvalue weighted by molar-refractivity contribution is 0.627. The summed E-state index contributed by atoms with van der Waals surface area (Å²) in [6.45, 7) is 4.91. The summed E-state index contributed by atoms with van der Waals surface area (Å²) >= 11 is 1.60. The molecule has 2 aromatic heterocycles. The predicted molar refractivity (Wildman–Crippen MR) is 117 cm³/mol. The first kappa shape index (κ1) is 19.3. The molecular formula is C24H22FN3S. The summed E-state index contributed by atoms with van der Waals surface area (Å²) in [4.78, 5) is 10.3. The van der Waals surface area contributed by atoms with Gasteiger partial charge in [-0.1, -0.05) is 12.1 Å². The lowest BCUT2D eigenvalue weighted by Gasteiger charge is -2.09. The van der Waals surface area contributed by atoms with Crippen LogP contribution in [0, 0.1) is 19.7 Å². The minimum atomic E-state index is -0.232. The number of thiazole rings is 1. The van der Waals surface area contributed by atoms with E-state index >= 15 is 0 Å². The van der Waals surface area contributed by atoms with E-state index in [1.165, 1.54) is 23.3 Å². The van der Waals surface area contributed by atoms with Crippen LogP contribution < -0.4 is 4.80 Å². The first-order chi connectivity index (χ1) is 14.1. The van der Waals surface area contributed by atoms with Gasteiger partial charge >= 0.3 is 0 Å². The van der Waals surface area contributed by atoms with E-state index in [0.717, 1.165) is 40.4 Å². The zero-order valence-electron chi connectivity index (χ0n) is 16.5. The zero-order chi connectivity index (χ0) is 20.2. The van der Waals surface area contributed by atoms with Crippen LogP contribution in [0.15, 0.2) is 77.2 Å². The molecule has 146 valence electrons. The Hall–Kier alpha value is -3.05. The average molecular weight is 404 g/mol. The molecule has 3 nitrogen and oxygen atoms in total. The molecule has 0 amide bonds. The Balaban J connectivity index is 1.78. The number of aromatic nitrogens is 2. The minimum absolute atomic E-state index is 0.232. The van der Waals surface area contributed by atoms with Crippen molar-refractivity contribution in [3.63, 3.8) is 0 Å². The maximum absolute atomic E-state index is 13.4. The fourth-order valence-corrected chi connectivity index (χ4v) is 4.34. The molecule has 29 heavy (non-hydrogen) atoms. The van der Waals surface area contributed by atoms with E-state index in [2.05, 4.69) is 47.0 Å². The van der Waals surface area contributed by atoms with E-state index in [4.69, 9.17) is 4.99 Å². The van der Waals surface area contributed by atoms with Crippen molar-refractivity contribution in [3.8, 4) is 11.3 Å². The second-order valence-corrected chi connectivity index (χ2v) is 7.93. The van der Waals surface area contributed by atoms with Gasteiger partial charge in [0, 0.05) is 30.2 Å². The van der Waals surface area contributed by atoms with Gasteiger partial charge in [0.15, 0.2) is 4.80 Å². The molecule has 0 N–H and O–H groups in total. The Morgan fingerprint density at radius 2 is 1.76 bits per heavy atom. The third kappa shape index (κ3) is 4.69. The molecule has 0 saturated carbocycles. The van der Waals surface area contributed by atoms with Crippen molar-refractivity contribution in [2.45, 2.75) is 26.8 Å². The van der Waals surface area contributed by atoms with Gasteiger partial charge in [-0.25, -0.2) is 9.38 Å². The number of hydrogen-bond donors (Lipinski definition) is 0. The van der Waals surface area contributed by atoms with Gasteiger partial charge in [0.05, 0.1) is 11.4 Å². The molecule has 0 fully saturated rings. The van der Waals surface area contributed by atoms with Gasteiger partial charge in [-0.15, -0.1) is 11.3 Å². The Morgan fingerprint density at radius 3 is 2.45 bits per heavy atom. The van der Waals surface area contributed by atoms with Gasteiger partial charge in [-0.2, -0.15) is 0 Å². The Kier molecular flexibility index (Phi) is 5.67. The van der Waals surface area contributed by atoms with Crippen LogP contribution in [-0.2, 0) is 13.0 Å². The van der Waals surface area contributed by atoms with Crippen molar-refractivity contribution in [2.75, 3.05) is 0 Å². The highest BCUT2D eigenvalue weighted by atomic mass is 32.1. The van der Waals surface area contributed by atoms with Gasteiger partial charge in [0.1, 0.15) is 5.82 Å². The summed E-state index contributed by atoms with van der Waals surface area (Å²) in [5.41, 5.74) is 6.38. The molecule has 0 spiro atoms. The van der Waals surface area contributed by atoms with Crippen molar-refractivity contribution in [2.24, 2.45) is 4.99 Å². The molecular weight excluding hydrogens is 381 g/mol. The summed E-state index contributed by atoms with van der Waals surface area (Å²) in [7, 11) is 0. The van der Waals surface area contributed by atoms with E-state index in [1.54, 1.807) is 11.3 Å². The van der Waals surface area contributed by atoms with Crippen LogP contribution in [-0.4, -0.2) is 9.55 Å². The predicted octanol–water partition coefficient (Wildman–Crippen LogP) is 5.84. The van der Waals surface area contributed by atoms with Crippen molar-refractivity contribution in [1.29, 1.82) is 0 Å². The molecule has 5 heteroatoms. The third-order valence-corrected chi connectivity index (χ3v) is 5.55. The topological polar surface area (TPSA) is 30.2 Å². The number of rotatable bonds is 5. The van der Waals surface area contributed by atoms with Crippen molar-refractivity contribution in [1.82, 2.24) is 9.55 Å². The Labute approximate surface area is 173 Å². The fourth-order valence-electron chi connectivity index (χ4n) is 3.38. The van der Waals surface area contributed by atoms with Crippen molar-refractivity contribution < 1.29 is 4.39 Å². The normalized spacial score (nSPS) is 11.8. The van der Waals surface area contributed by atoms with E-state index in [9.17, 15) is 4.39 Å².